The third-order valence-corrected chi connectivity index (χ3v) is 1.62. The minimum Gasteiger partial charge on any atom is -0.499 e. The van der Waals surface area contributed by atoms with E-state index in [0.717, 1.165) is 19.7 Å². The van der Waals surface area contributed by atoms with Crippen molar-refractivity contribution >= 4 is 0 Å². The van der Waals surface area contributed by atoms with Crippen LogP contribution in [-0.4, -0.2) is 44.9 Å². The third kappa shape index (κ3) is 7.57. The van der Waals surface area contributed by atoms with Gasteiger partial charge in [-0.1, -0.05) is 13.5 Å². The molecule has 0 amide bonds. The van der Waals surface area contributed by atoms with Gasteiger partial charge in [0.2, 0.25) is 0 Å². The SMILES string of the molecule is C=COCCOCCN(C)CC. The molecule has 0 saturated heterocycles. The fraction of sp³-hybridized carbons (Fsp3) is 0.778. The van der Waals surface area contributed by atoms with Crippen LogP contribution in [0, 0.1) is 0 Å². The van der Waals surface area contributed by atoms with Crippen LogP contribution < -0.4 is 0 Å². The molecule has 0 unspecified atom stereocenters. The topological polar surface area (TPSA) is 21.7 Å². The standard InChI is InChI=1S/C9H19NO2/c1-4-10(3)6-7-12-9-8-11-5-2/h5H,2,4,6-9H2,1,3H3. The first-order valence-corrected chi connectivity index (χ1v) is 4.30. The van der Waals surface area contributed by atoms with E-state index in [1.165, 1.54) is 6.26 Å². The molecular formula is C9H19NO2. The molecule has 0 aromatic rings. The lowest BCUT2D eigenvalue weighted by atomic mass is 10.5. The molecule has 0 saturated carbocycles. The maximum Gasteiger partial charge on any atom is 0.111 e. The number of rotatable bonds is 8. The van der Waals surface area contributed by atoms with Crippen LogP contribution in [0.2, 0.25) is 0 Å². The summed E-state index contributed by atoms with van der Waals surface area (Å²) in [5, 5.41) is 0. The first-order valence-electron chi connectivity index (χ1n) is 4.30. The van der Waals surface area contributed by atoms with Crippen LogP contribution in [0.5, 0.6) is 0 Å². The Morgan fingerprint density at radius 2 is 2.08 bits per heavy atom. The lowest BCUT2D eigenvalue weighted by Gasteiger charge is -2.13. The van der Waals surface area contributed by atoms with Gasteiger partial charge >= 0.3 is 0 Å². The van der Waals surface area contributed by atoms with Crippen molar-refractivity contribution in [3.05, 3.63) is 12.8 Å². The monoisotopic (exact) mass is 173 g/mol. The highest BCUT2D eigenvalue weighted by atomic mass is 16.5. The highest BCUT2D eigenvalue weighted by molar-refractivity contribution is 4.48. The largest absolute Gasteiger partial charge is 0.499 e. The molecule has 0 aromatic carbocycles. The normalized spacial score (nSPS) is 10.2. The van der Waals surface area contributed by atoms with Crippen LogP contribution in [0.1, 0.15) is 6.92 Å². The number of hydrogen-bond acceptors (Lipinski definition) is 3. The summed E-state index contributed by atoms with van der Waals surface area (Å²) in [5.74, 6) is 0. The summed E-state index contributed by atoms with van der Waals surface area (Å²) in [5.41, 5.74) is 0. The molecule has 3 heteroatoms. The minimum absolute atomic E-state index is 0.597. The van der Waals surface area contributed by atoms with Gasteiger partial charge in [-0.15, -0.1) is 0 Å². The van der Waals surface area contributed by atoms with E-state index in [1.807, 2.05) is 0 Å². The van der Waals surface area contributed by atoms with Crippen molar-refractivity contribution in [3.8, 4) is 0 Å². The third-order valence-electron chi connectivity index (χ3n) is 1.62. The van der Waals surface area contributed by atoms with E-state index < -0.39 is 0 Å². The average molecular weight is 173 g/mol. The van der Waals surface area contributed by atoms with Crippen molar-refractivity contribution < 1.29 is 9.47 Å². The summed E-state index contributed by atoms with van der Waals surface area (Å²) in [6, 6.07) is 0. The zero-order valence-corrected chi connectivity index (χ0v) is 8.08. The van der Waals surface area contributed by atoms with Gasteiger partial charge in [0, 0.05) is 6.54 Å². The molecule has 0 bridgehead atoms. The van der Waals surface area contributed by atoms with Crippen molar-refractivity contribution in [2.75, 3.05) is 40.0 Å². The summed E-state index contributed by atoms with van der Waals surface area (Å²) in [6.45, 7) is 9.61. The molecule has 0 N–H and O–H groups in total. The van der Waals surface area contributed by atoms with Gasteiger partial charge in [-0.05, 0) is 13.6 Å². The molecule has 0 fully saturated rings. The molecule has 0 aliphatic heterocycles. The van der Waals surface area contributed by atoms with E-state index in [-0.39, 0.29) is 0 Å². The molecular weight excluding hydrogens is 154 g/mol. The molecule has 3 nitrogen and oxygen atoms in total. The fourth-order valence-electron chi connectivity index (χ4n) is 0.671. The molecule has 0 rings (SSSR count). The summed E-state index contributed by atoms with van der Waals surface area (Å²) < 4.78 is 10.2. The lowest BCUT2D eigenvalue weighted by molar-refractivity contribution is 0.0734. The molecule has 12 heavy (non-hydrogen) atoms. The molecule has 0 aliphatic carbocycles. The molecule has 0 spiro atoms. The lowest BCUT2D eigenvalue weighted by Crippen LogP contribution is -2.23. The Morgan fingerprint density at radius 1 is 1.33 bits per heavy atom. The average Bonchev–Trinajstić information content (AvgIpc) is 2.10. The Morgan fingerprint density at radius 3 is 2.67 bits per heavy atom. The van der Waals surface area contributed by atoms with E-state index in [1.54, 1.807) is 0 Å². The Balaban J connectivity index is 2.95. The molecule has 0 radical (unpaired) electrons. The van der Waals surface area contributed by atoms with E-state index in [4.69, 9.17) is 9.47 Å². The predicted molar refractivity (Wildman–Crippen MR) is 50.1 cm³/mol. The van der Waals surface area contributed by atoms with Gasteiger partial charge in [0.15, 0.2) is 0 Å². The van der Waals surface area contributed by atoms with Crippen molar-refractivity contribution in [1.29, 1.82) is 0 Å². The zero-order chi connectivity index (χ0) is 9.23. The Bertz CT molecular complexity index is 107. The van der Waals surface area contributed by atoms with Crippen molar-refractivity contribution in [2.24, 2.45) is 0 Å². The van der Waals surface area contributed by atoms with Crippen molar-refractivity contribution in [3.63, 3.8) is 0 Å². The van der Waals surface area contributed by atoms with Crippen LogP contribution in [0.4, 0.5) is 0 Å². The number of hydrogen-bond donors (Lipinski definition) is 0. The van der Waals surface area contributed by atoms with E-state index in [2.05, 4.69) is 25.5 Å². The molecule has 0 aliphatic rings. The van der Waals surface area contributed by atoms with E-state index in [9.17, 15) is 0 Å². The van der Waals surface area contributed by atoms with Crippen LogP contribution in [0.25, 0.3) is 0 Å². The van der Waals surface area contributed by atoms with Gasteiger partial charge < -0.3 is 14.4 Å². The van der Waals surface area contributed by atoms with Crippen molar-refractivity contribution in [2.45, 2.75) is 6.92 Å². The highest BCUT2D eigenvalue weighted by Crippen LogP contribution is 1.83. The minimum atomic E-state index is 0.597. The van der Waals surface area contributed by atoms with Crippen molar-refractivity contribution in [1.82, 2.24) is 4.90 Å². The molecule has 0 atom stereocenters. The summed E-state index contributed by atoms with van der Waals surface area (Å²) in [6.07, 6.45) is 1.43. The first-order chi connectivity index (χ1) is 5.81. The second-order valence-electron chi connectivity index (χ2n) is 2.55. The second kappa shape index (κ2) is 8.56. The Hall–Kier alpha value is -0.540. The number of likely N-dealkylation sites (N-methyl/N-ethyl adjacent to an activating group) is 1. The maximum absolute atomic E-state index is 5.29. The molecule has 72 valence electrons. The highest BCUT2D eigenvalue weighted by Gasteiger charge is 1.93. The van der Waals surface area contributed by atoms with Gasteiger partial charge in [-0.2, -0.15) is 0 Å². The number of nitrogens with zero attached hydrogens (tertiary/aromatic N) is 1. The van der Waals surface area contributed by atoms with Gasteiger partial charge in [0.05, 0.1) is 19.5 Å². The van der Waals surface area contributed by atoms with Gasteiger partial charge in [0.1, 0.15) is 6.61 Å². The maximum atomic E-state index is 5.29. The Kier molecular flexibility index (Phi) is 8.17. The van der Waals surface area contributed by atoms with Gasteiger partial charge in [-0.3, -0.25) is 0 Å². The summed E-state index contributed by atoms with van der Waals surface area (Å²) in [4.78, 5) is 2.20. The number of ether oxygens (including phenoxy) is 2. The quantitative estimate of drug-likeness (QED) is 0.405. The van der Waals surface area contributed by atoms with Crippen LogP contribution in [0.3, 0.4) is 0 Å². The van der Waals surface area contributed by atoms with Crippen LogP contribution >= 0.6 is 0 Å². The van der Waals surface area contributed by atoms with E-state index >= 15 is 0 Å². The van der Waals surface area contributed by atoms with Gasteiger partial charge in [0.25, 0.3) is 0 Å². The second-order valence-corrected chi connectivity index (χ2v) is 2.55. The summed E-state index contributed by atoms with van der Waals surface area (Å²) in [7, 11) is 2.07. The van der Waals surface area contributed by atoms with Gasteiger partial charge in [-0.25, -0.2) is 0 Å². The predicted octanol–water partition coefficient (Wildman–Crippen LogP) is 1.11. The fourth-order valence-corrected chi connectivity index (χ4v) is 0.671. The zero-order valence-electron chi connectivity index (χ0n) is 8.08. The van der Waals surface area contributed by atoms with E-state index in [0.29, 0.717) is 13.2 Å². The first kappa shape index (κ1) is 11.5. The smallest absolute Gasteiger partial charge is 0.111 e. The van der Waals surface area contributed by atoms with Crippen LogP contribution in [-0.2, 0) is 9.47 Å². The Labute approximate surface area is 75.0 Å². The molecule has 0 aromatic heterocycles. The van der Waals surface area contributed by atoms with Crippen LogP contribution in [0.15, 0.2) is 12.8 Å². The summed E-state index contributed by atoms with van der Waals surface area (Å²) >= 11 is 0. The molecule has 0 heterocycles.